The summed E-state index contributed by atoms with van der Waals surface area (Å²) in [5, 5.41) is 3.63. The molecule has 2 aromatic carbocycles. The zero-order chi connectivity index (χ0) is 16.0. The molecule has 0 radical (unpaired) electrons. The van der Waals surface area contributed by atoms with Crippen LogP contribution in [0.25, 0.3) is 16.3 Å². The van der Waals surface area contributed by atoms with Gasteiger partial charge in [-0.05, 0) is 22.9 Å². The highest BCUT2D eigenvalue weighted by Crippen LogP contribution is 2.38. The molecule has 0 spiro atoms. The van der Waals surface area contributed by atoms with Crippen molar-refractivity contribution in [3.63, 3.8) is 0 Å². The van der Waals surface area contributed by atoms with Crippen LogP contribution in [0.2, 0.25) is 0 Å². The molecule has 0 N–H and O–H groups in total. The number of benzene rings is 2. The van der Waals surface area contributed by atoms with E-state index < -0.39 is 5.91 Å². The van der Waals surface area contributed by atoms with E-state index in [0.717, 1.165) is 10.8 Å². The molecule has 0 unspecified atom stereocenters. The smallest absolute Gasteiger partial charge is 0.268 e. The summed E-state index contributed by atoms with van der Waals surface area (Å²) in [6.45, 7) is 0. The predicted octanol–water partition coefficient (Wildman–Crippen LogP) is 4.42. The maximum absolute atomic E-state index is 12.8. The average Bonchev–Trinajstić information content (AvgIpc) is 3.15. The SMILES string of the molecule is O=C1C(Cl)=C(c2cccs2)C(=O)N1c1cccc2ccccc12. The van der Waals surface area contributed by atoms with Crippen molar-refractivity contribution >= 4 is 56.8 Å². The highest BCUT2D eigenvalue weighted by Gasteiger charge is 2.40. The van der Waals surface area contributed by atoms with Crippen LogP contribution in [0.4, 0.5) is 5.69 Å². The lowest BCUT2D eigenvalue weighted by Gasteiger charge is -2.17. The molecule has 5 heteroatoms. The van der Waals surface area contributed by atoms with Crippen LogP contribution in [0.1, 0.15) is 4.88 Å². The molecule has 1 aliphatic heterocycles. The minimum absolute atomic E-state index is 0.0228. The maximum Gasteiger partial charge on any atom is 0.277 e. The van der Waals surface area contributed by atoms with Crippen molar-refractivity contribution in [3.8, 4) is 0 Å². The average molecular weight is 340 g/mol. The second kappa shape index (κ2) is 5.33. The molecular weight excluding hydrogens is 330 g/mol. The Bertz CT molecular complexity index is 970. The normalized spacial score (nSPS) is 15.1. The number of rotatable bonds is 2. The number of imide groups is 1. The molecule has 23 heavy (non-hydrogen) atoms. The van der Waals surface area contributed by atoms with Crippen molar-refractivity contribution in [1.29, 1.82) is 0 Å². The van der Waals surface area contributed by atoms with Gasteiger partial charge in [-0.15, -0.1) is 11.3 Å². The molecule has 1 aliphatic rings. The van der Waals surface area contributed by atoms with Gasteiger partial charge >= 0.3 is 0 Å². The molecule has 2 heterocycles. The van der Waals surface area contributed by atoms with E-state index in [0.29, 0.717) is 10.6 Å². The summed E-state index contributed by atoms with van der Waals surface area (Å²) in [4.78, 5) is 27.3. The third-order valence-electron chi connectivity index (χ3n) is 3.80. The van der Waals surface area contributed by atoms with Crippen molar-refractivity contribution in [3.05, 3.63) is 69.9 Å². The second-order valence-corrected chi connectivity index (χ2v) is 6.44. The van der Waals surface area contributed by atoms with Gasteiger partial charge in [-0.2, -0.15) is 0 Å². The third-order valence-corrected chi connectivity index (χ3v) is 5.04. The molecule has 3 aromatic rings. The Hall–Kier alpha value is -2.43. The Morgan fingerprint density at radius 3 is 2.43 bits per heavy atom. The van der Waals surface area contributed by atoms with Crippen molar-refractivity contribution in [2.45, 2.75) is 0 Å². The van der Waals surface area contributed by atoms with Gasteiger partial charge in [0.1, 0.15) is 5.03 Å². The first kappa shape index (κ1) is 14.2. The molecule has 0 saturated carbocycles. The van der Waals surface area contributed by atoms with E-state index in [-0.39, 0.29) is 16.5 Å². The highest BCUT2D eigenvalue weighted by atomic mass is 35.5. The van der Waals surface area contributed by atoms with Crippen LogP contribution in [0, 0.1) is 0 Å². The number of carbonyl (C=O) groups excluding carboxylic acids is 2. The van der Waals surface area contributed by atoms with E-state index in [1.54, 1.807) is 12.1 Å². The van der Waals surface area contributed by atoms with Gasteiger partial charge in [-0.25, -0.2) is 4.90 Å². The van der Waals surface area contributed by atoms with Gasteiger partial charge in [0.25, 0.3) is 11.8 Å². The summed E-state index contributed by atoms with van der Waals surface area (Å²) in [7, 11) is 0. The van der Waals surface area contributed by atoms with Crippen LogP contribution in [0.15, 0.2) is 65.0 Å². The first-order valence-electron chi connectivity index (χ1n) is 6.98. The lowest BCUT2D eigenvalue weighted by molar-refractivity contribution is -0.119. The fourth-order valence-electron chi connectivity index (χ4n) is 2.76. The molecule has 0 aliphatic carbocycles. The summed E-state index contributed by atoms with van der Waals surface area (Å²) >= 11 is 7.57. The topological polar surface area (TPSA) is 37.4 Å². The summed E-state index contributed by atoms with van der Waals surface area (Å²) in [5.41, 5.74) is 0.836. The first-order valence-corrected chi connectivity index (χ1v) is 8.24. The predicted molar refractivity (Wildman–Crippen MR) is 93.5 cm³/mol. The van der Waals surface area contributed by atoms with Crippen molar-refractivity contribution in [1.82, 2.24) is 0 Å². The number of carbonyl (C=O) groups is 2. The Labute approximate surface area is 141 Å². The van der Waals surface area contributed by atoms with Crippen molar-refractivity contribution < 1.29 is 9.59 Å². The van der Waals surface area contributed by atoms with E-state index in [4.69, 9.17) is 11.6 Å². The minimum Gasteiger partial charge on any atom is -0.268 e. The van der Waals surface area contributed by atoms with Crippen LogP contribution in [0.5, 0.6) is 0 Å². The summed E-state index contributed by atoms with van der Waals surface area (Å²) < 4.78 is 0. The molecule has 4 rings (SSSR count). The van der Waals surface area contributed by atoms with Gasteiger partial charge in [0, 0.05) is 10.3 Å². The molecule has 1 aromatic heterocycles. The van der Waals surface area contributed by atoms with Gasteiger partial charge in [-0.3, -0.25) is 9.59 Å². The number of thiophene rings is 1. The molecule has 112 valence electrons. The van der Waals surface area contributed by atoms with E-state index in [1.165, 1.54) is 16.2 Å². The molecule has 3 nitrogen and oxygen atoms in total. The number of halogens is 1. The number of nitrogens with zero attached hydrogens (tertiary/aromatic N) is 1. The monoisotopic (exact) mass is 339 g/mol. The van der Waals surface area contributed by atoms with Crippen LogP contribution >= 0.6 is 22.9 Å². The standard InChI is InChI=1S/C18H10ClNO2S/c19-16-15(14-9-4-10-23-14)17(21)20(18(16)22)13-8-3-6-11-5-1-2-7-12(11)13/h1-10H. The largest absolute Gasteiger partial charge is 0.277 e. The van der Waals surface area contributed by atoms with Crippen molar-refractivity contribution in [2.75, 3.05) is 4.90 Å². The number of anilines is 1. The molecule has 0 atom stereocenters. The van der Waals surface area contributed by atoms with Crippen LogP contribution in [-0.4, -0.2) is 11.8 Å². The second-order valence-electron chi connectivity index (χ2n) is 5.11. The Morgan fingerprint density at radius 2 is 1.65 bits per heavy atom. The zero-order valence-corrected chi connectivity index (χ0v) is 13.4. The Balaban J connectivity index is 1.88. The molecule has 2 amide bonds. The molecular formula is C18H10ClNO2S. The van der Waals surface area contributed by atoms with Gasteiger partial charge in [0.15, 0.2) is 0 Å². The quantitative estimate of drug-likeness (QED) is 0.648. The highest BCUT2D eigenvalue weighted by molar-refractivity contribution is 7.11. The van der Waals surface area contributed by atoms with Crippen LogP contribution in [0.3, 0.4) is 0 Å². The van der Waals surface area contributed by atoms with Crippen LogP contribution < -0.4 is 4.90 Å². The lowest BCUT2D eigenvalue weighted by Crippen LogP contribution is -2.31. The third kappa shape index (κ3) is 2.11. The zero-order valence-electron chi connectivity index (χ0n) is 11.8. The number of hydrogen-bond donors (Lipinski definition) is 0. The fraction of sp³-hybridized carbons (Fsp3) is 0. The Kier molecular flexibility index (Phi) is 3.29. The van der Waals surface area contributed by atoms with Gasteiger partial charge in [0.05, 0.1) is 11.3 Å². The summed E-state index contributed by atoms with van der Waals surface area (Å²) in [6, 6.07) is 16.8. The number of amides is 2. The van der Waals surface area contributed by atoms with Gasteiger partial charge < -0.3 is 0 Å². The molecule has 0 fully saturated rings. The fourth-order valence-corrected chi connectivity index (χ4v) is 3.85. The van der Waals surface area contributed by atoms with Gasteiger partial charge in [0.2, 0.25) is 0 Å². The number of hydrogen-bond acceptors (Lipinski definition) is 3. The molecule has 0 bridgehead atoms. The number of fused-ring (bicyclic) bond motifs is 1. The van der Waals surface area contributed by atoms with E-state index in [2.05, 4.69) is 0 Å². The Morgan fingerprint density at radius 1 is 0.870 bits per heavy atom. The lowest BCUT2D eigenvalue weighted by atomic mass is 10.1. The van der Waals surface area contributed by atoms with Crippen LogP contribution in [-0.2, 0) is 9.59 Å². The van der Waals surface area contributed by atoms with E-state index in [1.807, 2.05) is 47.8 Å². The summed E-state index contributed by atoms with van der Waals surface area (Å²) in [5.74, 6) is -0.852. The maximum atomic E-state index is 12.8. The summed E-state index contributed by atoms with van der Waals surface area (Å²) in [6.07, 6.45) is 0. The minimum atomic E-state index is -0.476. The molecule has 0 saturated heterocycles. The van der Waals surface area contributed by atoms with E-state index in [9.17, 15) is 9.59 Å². The van der Waals surface area contributed by atoms with Gasteiger partial charge in [-0.1, -0.05) is 54.1 Å². The first-order chi connectivity index (χ1) is 11.2. The van der Waals surface area contributed by atoms with Crippen molar-refractivity contribution in [2.24, 2.45) is 0 Å². The van der Waals surface area contributed by atoms with E-state index >= 15 is 0 Å².